The Hall–Kier alpha value is -1.76. The molecule has 0 bridgehead atoms. The molecule has 0 aliphatic carbocycles. The molecular weight excluding hydrogens is 318 g/mol. The minimum absolute atomic E-state index is 0.178. The molecule has 116 valence electrons. The van der Waals surface area contributed by atoms with E-state index in [9.17, 15) is 13.0 Å². The Kier molecular flexibility index (Phi) is 5.28. The SMILES string of the molecule is CC[n+]1csc2ccccc21.Cc1ccc(S(=O)(=O)[O-])cc1. The summed E-state index contributed by atoms with van der Waals surface area (Å²) in [5, 5.41) is 0. The number of thiazole rings is 1. The number of nitrogens with zero attached hydrogens (tertiary/aromatic N) is 1. The molecule has 0 spiro atoms. The summed E-state index contributed by atoms with van der Waals surface area (Å²) in [5.74, 6) is 0. The fraction of sp³-hybridized carbons (Fsp3) is 0.188. The molecule has 4 nitrogen and oxygen atoms in total. The van der Waals surface area contributed by atoms with Crippen molar-refractivity contribution in [3.63, 3.8) is 0 Å². The Morgan fingerprint density at radius 2 is 1.73 bits per heavy atom. The lowest BCUT2D eigenvalue weighted by atomic mass is 10.2. The third-order valence-corrected chi connectivity index (χ3v) is 4.94. The van der Waals surface area contributed by atoms with Gasteiger partial charge in [0.2, 0.25) is 11.0 Å². The van der Waals surface area contributed by atoms with Gasteiger partial charge in [-0.2, -0.15) is 4.57 Å². The van der Waals surface area contributed by atoms with Crippen LogP contribution < -0.4 is 4.57 Å². The molecule has 0 aliphatic heterocycles. The van der Waals surface area contributed by atoms with Gasteiger partial charge in [0.25, 0.3) is 0 Å². The summed E-state index contributed by atoms with van der Waals surface area (Å²) in [6.45, 7) is 5.05. The molecule has 3 rings (SSSR count). The van der Waals surface area contributed by atoms with Gasteiger partial charge in [-0.15, -0.1) is 0 Å². The minimum atomic E-state index is -4.27. The van der Waals surface area contributed by atoms with Crippen molar-refractivity contribution in [1.29, 1.82) is 0 Å². The molecule has 0 radical (unpaired) electrons. The van der Waals surface area contributed by atoms with Crippen molar-refractivity contribution in [2.45, 2.75) is 25.3 Å². The molecule has 0 atom stereocenters. The van der Waals surface area contributed by atoms with Crippen LogP contribution in [0.5, 0.6) is 0 Å². The molecule has 3 aromatic rings. The first-order valence-electron chi connectivity index (χ1n) is 6.80. The molecule has 0 saturated carbocycles. The highest BCUT2D eigenvalue weighted by atomic mass is 32.2. The number of benzene rings is 2. The predicted octanol–water partition coefficient (Wildman–Crippen LogP) is 3.11. The molecular formula is C16H17NO3S2. The van der Waals surface area contributed by atoms with Crippen LogP contribution in [0.25, 0.3) is 10.2 Å². The number of fused-ring (bicyclic) bond motifs is 1. The van der Waals surface area contributed by atoms with Crippen molar-refractivity contribution in [3.05, 3.63) is 59.6 Å². The highest BCUT2D eigenvalue weighted by molar-refractivity contribution is 7.85. The minimum Gasteiger partial charge on any atom is -0.744 e. The Labute approximate surface area is 134 Å². The Morgan fingerprint density at radius 1 is 1.09 bits per heavy atom. The van der Waals surface area contributed by atoms with Gasteiger partial charge < -0.3 is 4.55 Å². The first-order chi connectivity index (χ1) is 10.4. The number of hydrogen-bond donors (Lipinski definition) is 0. The fourth-order valence-electron chi connectivity index (χ4n) is 1.92. The molecule has 0 amide bonds. The summed E-state index contributed by atoms with van der Waals surface area (Å²) in [5.41, 5.74) is 4.45. The second-order valence-electron chi connectivity index (χ2n) is 4.74. The third kappa shape index (κ3) is 4.13. The van der Waals surface area contributed by atoms with Crippen molar-refractivity contribution in [2.75, 3.05) is 0 Å². The summed E-state index contributed by atoms with van der Waals surface area (Å²) in [6, 6.07) is 14.3. The molecule has 0 unspecified atom stereocenters. The average molecular weight is 335 g/mol. The van der Waals surface area contributed by atoms with Crippen LogP contribution in [0, 0.1) is 6.92 Å². The average Bonchev–Trinajstić information content (AvgIpc) is 2.90. The molecule has 1 heterocycles. The summed E-state index contributed by atoms with van der Waals surface area (Å²) < 4.78 is 34.8. The lowest BCUT2D eigenvalue weighted by molar-refractivity contribution is -0.663. The van der Waals surface area contributed by atoms with E-state index in [1.807, 2.05) is 6.92 Å². The first kappa shape index (κ1) is 16.6. The molecule has 0 fully saturated rings. The van der Waals surface area contributed by atoms with Gasteiger partial charge in [0, 0.05) is 6.07 Å². The van der Waals surface area contributed by atoms with Crippen LogP contribution in [0.2, 0.25) is 0 Å². The zero-order chi connectivity index (χ0) is 16.2. The van der Waals surface area contributed by atoms with Gasteiger partial charge in [-0.05, 0) is 32.0 Å². The van der Waals surface area contributed by atoms with Crippen molar-refractivity contribution in [1.82, 2.24) is 0 Å². The van der Waals surface area contributed by atoms with E-state index >= 15 is 0 Å². The number of aromatic nitrogens is 1. The normalized spacial score (nSPS) is 11.0. The highest BCUT2D eigenvalue weighted by Crippen LogP contribution is 2.14. The van der Waals surface area contributed by atoms with Crippen LogP contribution in [0.1, 0.15) is 12.5 Å². The van der Waals surface area contributed by atoms with Gasteiger partial charge in [0.1, 0.15) is 21.4 Å². The van der Waals surface area contributed by atoms with E-state index in [0.29, 0.717) is 0 Å². The van der Waals surface area contributed by atoms with Crippen LogP contribution >= 0.6 is 11.3 Å². The van der Waals surface area contributed by atoms with Gasteiger partial charge in [-0.1, -0.05) is 41.2 Å². The van der Waals surface area contributed by atoms with Gasteiger partial charge >= 0.3 is 0 Å². The van der Waals surface area contributed by atoms with Crippen LogP contribution in [0.15, 0.2) is 58.9 Å². The van der Waals surface area contributed by atoms with E-state index < -0.39 is 10.1 Å². The molecule has 0 saturated heterocycles. The largest absolute Gasteiger partial charge is 0.744 e. The molecule has 0 aliphatic rings. The quantitative estimate of drug-likeness (QED) is 0.534. The van der Waals surface area contributed by atoms with Gasteiger partial charge in [-0.3, -0.25) is 0 Å². The second kappa shape index (κ2) is 7.00. The first-order valence-corrected chi connectivity index (χ1v) is 9.09. The molecule has 2 aromatic carbocycles. The maximum Gasteiger partial charge on any atom is 0.225 e. The topological polar surface area (TPSA) is 61.1 Å². The number of aryl methyl sites for hydroxylation is 2. The Balaban J connectivity index is 0.000000160. The van der Waals surface area contributed by atoms with Crippen molar-refractivity contribution < 1.29 is 17.5 Å². The smallest absolute Gasteiger partial charge is 0.225 e. The monoisotopic (exact) mass is 335 g/mol. The van der Waals surface area contributed by atoms with Crippen molar-refractivity contribution >= 4 is 31.7 Å². The maximum absolute atomic E-state index is 10.4. The maximum atomic E-state index is 10.4. The summed E-state index contributed by atoms with van der Waals surface area (Å²) >= 11 is 1.80. The van der Waals surface area contributed by atoms with Crippen LogP contribution in [-0.4, -0.2) is 13.0 Å². The highest BCUT2D eigenvalue weighted by Gasteiger charge is 2.06. The Bertz CT molecular complexity index is 852. The standard InChI is InChI=1S/C9H10NS.C7H8O3S/c1-2-10-7-11-9-6-4-3-5-8(9)10;1-6-2-4-7(5-3-6)11(8,9)10/h3-7H,2H2,1H3;2-5H,1H3,(H,8,9,10)/q+1;/p-1. The van der Waals surface area contributed by atoms with Gasteiger partial charge in [0.15, 0.2) is 0 Å². The summed E-state index contributed by atoms with van der Waals surface area (Å²) in [4.78, 5) is -0.178. The predicted molar refractivity (Wildman–Crippen MR) is 86.8 cm³/mol. The van der Waals surface area contributed by atoms with Crippen LogP contribution in [0.3, 0.4) is 0 Å². The second-order valence-corrected chi connectivity index (χ2v) is 7.01. The van der Waals surface area contributed by atoms with Crippen molar-refractivity contribution in [3.8, 4) is 0 Å². The van der Waals surface area contributed by atoms with E-state index in [4.69, 9.17) is 0 Å². The Morgan fingerprint density at radius 3 is 2.32 bits per heavy atom. The van der Waals surface area contributed by atoms with E-state index in [-0.39, 0.29) is 4.90 Å². The number of hydrogen-bond acceptors (Lipinski definition) is 4. The van der Waals surface area contributed by atoms with E-state index in [1.165, 1.54) is 22.3 Å². The summed E-state index contributed by atoms with van der Waals surface area (Å²) in [7, 11) is -4.27. The van der Waals surface area contributed by atoms with Crippen molar-refractivity contribution in [2.24, 2.45) is 0 Å². The summed E-state index contributed by atoms with van der Waals surface area (Å²) in [6.07, 6.45) is 0. The fourth-order valence-corrected chi connectivity index (χ4v) is 3.36. The molecule has 22 heavy (non-hydrogen) atoms. The number of rotatable bonds is 2. The zero-order valence-corrected chi connectivity index (χ0v) is 14.0. The van der Waals surface area contributed by atoms with E-state index in [1.54, 1.807) is 23.5 Å². The third-order valence-electron chi connectivity index (χ3n) is 3.13. The van der Waals surface area contributed by atoms with E-state index in [0.717, 1.165) is 12.1 Å². The van der Waals surface area contributed by atoms with Gasteiger partial charge in [-0.25, -0.2) is 8.42 Å². The zero-order valence-electron chi connectivity index (χ0n) is 12.4. The lowest BCUT2D eigenvalue weighted by Crippen LogP contribution is -2.29. The van der Waals surface area contributed by atoms with Crippen LogP contribution in [0.4, 0.5) is 0 Å². The lowest BCUT2D eigenvalue weighted by Gasteiger charge is -2.05. The van der Waals surface area contributed by atoms with Gasteiger partial charge in [0.05, 0.1) is 4.90 Å². The van der Waals surface area contributed by atoms with E-state index in [2.05, 4.69) is 41.3 Å². The molecule has 6 heteroatoms. The molecule has 1 aromatic heterocycles. The van der Waals surface area contributed by atoms with Crippen LogP contribution in [-0.2, 0) is 16.7 Å². The molecule has 0 N–H and O–H groups in total. The number of para-hydroxylation sites is 1.